The van der Waals surface area contributed by atoms with Crippen LogP contribution in [0.25, 0.3) is 5.78 Å². The van der Waals surface area contributed by atoms with E-state index in [0.29, 0.717) is 16.4 Å². The van der Waals surface area contributed by atoms with Gasteiger partial charge >= 0.3 is 0 Å². The third kappa shape index (κ3) is 3.54. The van der Waals surface area contributed by atoms with Gasteiger partial charge in [0.25, 0.3) is 11.3 Å². The molecule has 2 heterocycles. The Bertz CT molecular complexity index is 1110. The number of rotatable bonds is 3. The molecule has 0 aliphatic rings. The van der Waals surface area contributed by atoms with Gasteiger partial charge in [-0.2, -0.15) is 9.61 Å². The molecule has 0 saturated carbocycles. The summed E-state index contributed by atoms with van der Waals surface area (Å²) in [5, 5.41) is 11.6. The van der Waals surface area contributed by atoms with E-state index in [2.05, 4.69) is 20.5 Å². The Morgan fingerprint density at radius 3 is 2.65 bits per heavy atom. The standard InChI is InChI=1S/C16H17ClN6O2S/c1-16(2,3)12-13(25)19-14-21-22(15(26)23(14)20-12)8-11(24)18-10-7-5-4-6-9(10)17/h4-7H,8H2,1-3H3,(H,18,24)(H,19,21,25). The lowest BCUT2D eigenvalue weighted by molar-refractivity contribution is -0.116. The summed E-state index contributed by atoms with van der Waals surface area (Å²) in [5.41, 5.74) is 0.0370. The van der Waals surface area contributed by atoms with Gasteiger partial charge in [0.05, 0.1) is 10.7 Å². The summed E-state index contributed by atoms with van der Waals surface area (Å²) < 4.78 is 2.85. The second kappa shape index (κ2) is 6.65. The zero-order valence-electron chi connectivity index (χ0n) is 14.4. The van der Waals surface area contributed by atoms with E-state index in [-0.39, 0.29) is 28.6 Å². The lowest BCUT2D eigenvalue weighted by Crippen LogP contribution is -2.28. The predicted octanol–water partition coefficient (Wildman–Crippen LogP) is 2.54. The Morgan fingerprint density at radius 2 is 2.00 bits per heavy atom. The SMILES string of the molecule is CC(C)(C)c1nn2c(=S)n(CC(=O)Nc3ccccc3Cl)nc2[nH]c1=O. The number of carbonyl (C=O) groups excluding carboxylic acids is 1. The number of carbonyl (C=O) groups is 1. The molecular formula is C16H17ClN6O2S. The first-order valence-electron chi connectivity index (χ1n) is 7.82. The maximum absolute atomic E-state index is 12.3. The van der Waals surface area contributed by atoms with E-state index in [4.69, 9.17) is 23.8 Å². The topological polar surface area (TPSA) is 97.1 Å². The minimum Gasteiger partial charge on any atom is -0.323 e. The minimum atomic E-state index is -0.458. The molecule has 3 aromatic rings. The monoisotopic (exact) mass is 392 g/mol. The average molecular weight is 393 g/mol. The van der Waals surface area contributed by atoms with Crippen molar-refractivity contribution < 1.29 is 4.79 Å². The Morgan fingerprint density at radius 1 is 1.31 bits per heavy atom. The zero-order chi connectivity index (χ0) is 19.1. The fourth-order valence-corrected chi connectivity index (χ4v) is 2.77. The maximum Gasteiger partial charge on any atom is 0.274 e. The number of hydrogen-bond donors (Lipinski definition) is 2. The summed E-state index contributed by atoms with van der Waals surface area (Å²) in [6.07, 6.45) is 0. The number of nitrogens with zero attached hydrogens (tertiary/aromatic N) is 4. The second-order valence-electron chi connectivity index (χ2n) is 6.76. The van der Waals surface area contributed by atoms with E-state index < -0.39 is 5.41 Å². The van der Waals surface area contributed by atoms with Gasteiger partial charge in [-0.3, -0.25) is 14.6 Å². The number of aromatic nitrogens is 5. The van der Waals surface area contributed by atoms with Crippen molar-refractivity contribution in [3.05, 3.63) is 50.1 Å². The second-order valence-corrected chi connectivity index (χ2v) is 7.53. The summed E-state index contributed by atoms with van der Waals surface area (Å²) in [6, 6.07) is 6.90. The van der Waals surface area contributed by atoms with Gasteiger partial charge in [-0.15, -0.1) is 5.10 Å². The van der Waals surface area contributed by atoms with Crippen LogP contribution in [-0.4, -0.2) is 30.3 Å². The quantitative estimate of drug-likeness (QED) is 0.667. The Kier molecular flexibility index (Phi) is 4.68. The molecule has 0 fully saturated rings. The molecule has 0 aliphatic carbocycles. The van der Waals surface area contributed by atoms with E-state index in [0.717, 1.165) is 0 Å². The van der Waals surface area contributed by atoms with Gasteiger partial charge in [0.15, 0.2) is 0 Å². The molecule has 1 amide bonds. The van der Waals surface area contributed by atoms with Crippen LogP contribution >= 0.6 is 23.8 Å². The van der Waals surface area contributed by atoms with Crippen molar-refractivity contribution in [3.63, 3.8) is 0 Å². The first-order valence-corrected chi connectivity index (χ1v) is 8.60. The number of hydrogen-bond acceptors (Lipinski definition) is 5. The Hall–Kier alpha value is -2.52. The van der Waals surface area contributed by atoms with E-state index in [9.17, 15) is 9.59 Å². The third-order valence-corrected chi connectivity index (χ3v) is 4.32. The van der Waals surface area contributed by atoms with Gasteiger partial charge in [-0.05, 0) is 24.4 Å². The molecule has 10 heteroatoms. The Balaban J connectivity index is 1.93. The summed E-state index contributed by atoms with van der Waals surface area (Å²) in [4.78, 5) is 27.1. The molecular weight excluding hydrogens is 376 g/mol. The van der Waals surface area contributed by atoms with Crippen molar-refractivity contribution in [2.75, 3.05) is 5.32 Å². The van der Waals surface area contributed by atoms with Crippen LogP contribution in [0, 0.1) is 4.77 Å². The number of para-hydroxylation sites is 1. The molecule has 3 rings (SSSR count). The third-order valence-electron chi connectivity index (χ3n) is 3.61. The number of aromatic amines is 1. The van der Waals surface area contributed by atoms with Gasteiger partial charge in [-0.25, -0.2) is 4.68 Å². The molecule has 1 aromatic carbocycles. The smallest absolute Gasteiger partial charge is 0.274 e. The summed E-state index contributed by atoms with van der Waals surface area (Å²) in [7, 11) is 0. The highest BCUT2D eigenvalue weighted by Gasteiger charge is 2.22. The molecule has 0 aliphatic heterocycles. The van der Waals surface area contributed by atoms with Gasteiger partial charge < -0.3 is 5.32 Å². The number of halogens is 1. The number of anilines is 1. The first-order chi connectivity index (χ1) is 12.2. The van der Waals surface area contributed by atoms with Gasteiger partial charge in [0.1, 0.15) is 12.2 Å². The van der Waals surface area contributed by atoms with Gasteiger partial charge in [0, 0.05) is 5.41 Å². The molecule has 0 spiro atoms. The molecule has 136 valence electrons. The van der Waals surface area contributed by atoms with Crippen LogP contribution in [0.1, 0.15) is 26.5 Å². The normalized spacial score (nSPS) is 11.7. The van der Waals surface area contributed by atoms with Crippen LogP contribution in [0.15, 0.2) is 29.1 Å². The van der Waals surface area contributed by atoms with E-state index >= 15 is 0 Å². The van der Waals surface area contributed by atoms with E-state index in [1.807, 2.05) is 20.8 Å². The van der Waals surface area contributed by atoms with Crippen molar-refractivity contribution in [3.8, 4) is 0 Å². The maximum atomic E-state index is 12.3. The molecule has 0 atom stereocenters. The van der Waals surface area contributed by atoms with Crippen LogP contribution in [0.2, 0.25) is 5.02 Å². The van der Waals surface area contributed by atoms with E-state index in [1.54, 1.807) is 24.3 Å². The molecule has 2 N–H and O–H groups in total. The molecule has 0 unspecified atom stereocenters. The molecule has 26 heavy (non-hydrogen) atoms. The summed E-state index contributed by atoms with van der Waals surface area (Å²) >= 11 is 11.4. The van der Waals surface area contributed by atoms with Gasteiger partial charge in [0.2, 0.25) is 10.7 Å². The molecule has 0 saturated heterocycles. The van der Waals surface area contributed by atoms with Crippen LogP contribution in [0.5, 0.6) is 0 Å². The first kappa shape index (κ1) is 18.3. The summed E-state index contributed by atoms with van der Waals surface area (Å²) in [5.74, 6) is -0.172. The van der Waals surface area contributed by atoms with Crippen molar-refractivity contribution in [1.29, 1.82) is 0 Å². The zero-order valence-corrected chi connectivity index (χ0v) is 16.0. The van der Waals surface area contributed by atoms with Crippen LogP contribution in [-0.2, 0) is 16.8 Å². The summed E-state index contributed by atoms with van der Waals surface area (Å²) in [6.45, 7) is 5.49. The lowest BCUT2D eigenvalue weighted by Gasteiger charge is -2.15. The fraction of sp³-hybridized carbons (Fsp3) is 0.312. The average Bonchev–Trinajstić information content (AvgIpc) is 2.83. The van der Waals surface area contributed by atoms with E-state index in [1.165, 1.54) is 9.20 Å². The van der Waals surface area contributed by atoms with Crippen molar-refractivity contribution in [2.24, 2.45) is 0 Å². The van der Waals surface area contributed by atoms with Crippen LogP contribution in [0.4, 0.5) is 5.69 Å². The highest BCUT2D eigenvalue weighted by Crippen LogP contribution is 2.20. The number of amides is 1. The van der Waals surface area contributed by atoms with Crippen molar-refractivity contribution >= 4 is 41.2 Å². The molecule has 2 aromatic heterocycles. The van der Waals surface area contributed by atoms with Crippen molar-refractivity contribution in [1.82, 2.24) is 24.4 Å². The van der Waals surface area contributed by atoms with Gasteiger partial charge in [-0.1, -0.05) is 44.5 Å². The number of H-pyrrole nitrogens is 1. The van der Waals surface area contributed by atoms with Crippen LogP contribution < -0.4 is 10.9 Å². The highest BCUT2D eigenvalue weighted by molar-refractivity contribution is 7.71. The van der Waals surface area contributed by atoms with Crippen LogP contribution in [0.3, 0.4) is 0 Å². The number of nitrogens with one attached hydrogen (secondary N) is 2. The number of benzene rings is 1. The molecule has 0 bridgehead atoms. The molecule has 0 radical (unpaired) electrons. The predicted molar refractivity (Wildman–Crippen MR) is 101 cm³/mol. The van der Waals surface area contributed by atoms with Crippen molar-refractivity contribution in [2.45, 2.75) is 32.7 Å². The lowest BCUT2D eigenvalue weighted by atomic mass is 9.93. The minimum absolute atomic E-state index is 0.139. The fourth-order valence-electron chi connectivity index (χ4n) is 2.36. The largest absolute Gasteiger partial charge is 0.323 e. The Labute approximate surface area is 158 Å². The highest BCUT2D eigenvalue weighted by atomic mass is 35.5. The number of fused-ring (bicyclic) bond motifs is 1. The molecule has 8 nitrogen and oxygen atoms in total.